The van der Waals surface area contributed by atoms with E-state index in [1.807, 2.05) is 0 Å². The Bertz CT molecular complexity index is 441. The number of aliphatic carboxylic acids is 1. The Hall–Kier alpha value is -0.950. The van der Waals surface area contributed by atoms with E-state index in [2.05, 4.69) is 0 Å². The number of carbonyl (C=O) groups excluding carboxylic acids is 1. The van der Waals surface area contributed by atoms with Gasteiger partial charge in [-0.2, -0.15) is 0 Å². The van der Waals surface area contributed by atoms with E-state index >= 15 is 0 Å². The number of carboxylic acids is 1. The highest BCUT2D eigenvalue weighted by atomic mass is 32.2. The van der Waals surface area contributed by atoms with Crippen LogP contribution in [-0.4, -0.2) is 68.4 Å². The minimum atomic E-state index is -0.912. The summed E-state index contributed by atoms with van der Waals surface area (Å²) in [7, 11) is 0. The zero-order chi connectivity index (χ0) is 15.1. The van der Waals surface area contributed by atoms with E-state index in [0.29, 0.717) is 24.8 Å². The number of aliphatic hydroxyl groups excluding tert-OH is 1. The van der Waals surface area contributed by atoms with Crippen LogP contribution in [0.1, 0.15) is 26.2 Å². The Morgan fingerprint density at radius 3 is 2.52 bits per heavy atom. The second-order valence-electron chi connectivity index (χ2n) is 6.34. The van der Waals surface area contributed by atoms with Crippen molar-refractivity contribution < 1.29 is 19.8 Å². The maximum Gasteiger partial charge on any atom is 0.327 e. The number of hydrogen-bond acceptors (Lipinski definition) is 4. The van der Waals surface area contributed by atoms with Crippen LogP contribution in [-0.2, 0) is 4.79 Å². The van der Waals surface area contributed by atoms with Crippen molar-refractivity contribution in [2.45, 2.75) is 43.7 Å². The van der Waals surface area contributed by atoms with Gasteiger partial charge in [0.05, 0.1) is 11.5 Å². The first-order valence-electron chi connectivity index (χ1n) is 7.58. The first-order valence-corrected chi connectivity index (χ1v) is 8.63. The number of amides is 2. The van der Waals surface area contributed by atoms with E-state index in [1.54, 1.807) is 28.5 Å². The normalized spacial score (nSPS) is 34.3. The summed E-state index contributed by atoms with van der Waals surface area (Å²) in [5, 5.41) is 19.0. The molecule has 0 aromatic carbocycles. The largest absolute Gasteiger partial charge is 0.480 e. The van der Waals surface area contributed by atoms with E-state index in [1.165, 1.54) is 0 Å². The van der Waals surface area contributed by atoms with Gasteiger partial charge in [-0.15, -0.1) is 11.8 Å². The molecule has 21 heavy (non-hydrogen) atoms. The van der Waals surface area contributed by atoms with Crippen LogP contribution in [0.5, 0.6) is 0 Å². The highest BCUT2D eigenvalue weighted by Crippen LogP contribution is 2.46. The third-order valence-corrected chi connectivity index (χ3v) is 6.21. The van der Waals surface area contributed by atoms with Crippen molar-refractivity contribution in [3.8, 4) is 0 Å². The lowest BCUT2D eigenvalue weighted by Gasteiger charge is -2.31. The molecule has 0 bridgehead atoms. The van der Waals surface area contributed by atoms with E-state index in [9.17, 15) is 19.8 Å². The summed E-state index contributed by atoms with van der Waals surface area (Å²) in [6.45, 7) is 2.89. The van der Waals surface area contributed by atoms with Crippen molar-refractivity contribution >= 4 is 23.8 Å². The number of hydrogen-bond donors (Lipinski definition) is 2. The molecule has 1 aliphatic carbocycles. The number of urea groups is 1. The van der Waals surface area contributed by atoms with Crippen molar-refractivity contribution in [1.82, 2.24) is 9.80 Å². The molecule has 4 atom stereocenters. The van der Waals surface area contributed by atoms with Gasteiger partial charge in [-0.3, -0.25) is 4.90 Å². The van der Waals surface area contributed by atoms with Gasteiger partial charge in [0, 0.05) is 24.8 Å². The summed E-state index contributed by atoms with van der Waals surface area (Å²) in [6.07, 6.45) is 2.54. The molecule has 2 aliphatic heterocycles. The maximum absolute atomic E-state index is 12.8. The Morgan fingerprint density at radius 1 is 1.29 bits per heavy atom. The van der Waals surface area contributed by atoms with Crippen LogP contribution >= 0.6 is 11.8 Å². The second kappa shape index (κ2) is 5.68. The van der Waals surface area contributed by atoms with Gasteiger partial charge in [0.1, 0.15) is 6.04 Å². The molecule has 3 rings (SSSR count). The van der Waals surface area contributed by atoms with Crippen LogP contribution in [0.3, 0.4) is 0 Å². The van der Waals surface area contributed by atoms with Gasteiger partial charge in [0.2, 0.25) is 0 Å². The third-order valence-electron chi connectivity index (χ3n) is 4.74. The standard InChI is InChI=1S/C14H22N2O4S/c1-8(17)10-4-5-15(6-10)14(20)16-11(13(18)19)7-21-12(16)9-2-3-9/h8-12,17H,2-7H2,1H3,(H,18,19). The van der Waals surface area contributed by atoms with Crippen LogP contribution in [0.4, 0.5) is 4.79 Å². The third kappa shape index (κ3) is 2.85. The molecule has 0 aromatic heterocycles. The first-order chi connectivity index (χ1) is 9.99. The van der Waals surface area contributed by atoms with E-state index in [4.69, 9.17) is 0 Å². The summed E-state index contributed by atoms with van der Waals surface area (Å²) in [4.78, 5) is 27.5. The highest BCUT2D eigenvalue weighted by Gasteiger charge is 2.49. The molecule has 4 unspecified atom stereocenters. The van der Waals surface area contributed by atoms with Gasteiger partial charge in [-0.05, 0) is 32.1 Å². The highest BCUT2D eigenvalue weighted by molar-refractivity contribution is 8.00. The molecular formula is C14H22N2O4S. The topological polar surface area (TPSA) is 81.1 Å². The predicted molar refractivity (Wildman–Crippen MR) is 79.0 cm³/mol. The quantitative estimate of drug-likeness (QED) is 0.814. The number of carboxylic acid groups (broad SMARTS) is 1. The number of rotatable bonds is 3. The molecule has 7 heteroatoms. The number of nitrogens with zero attached hydrogens (tertiary/aromatic N) is 2. The zero-order valence-corrected chi connectivity index (χ0v) is 13.0. The lowest BCUT2D eigenvalue weighted by Crippen LogP contribution is -2.51. The van der Waals surface area contributed by atoms with Crippen molar-refractivity contribution in [1.29, 1.82) is 0 Å². The molecule has 0 aromatic rings. The molecule has 118 valence electrons. The molecule has 2 heterocycles. The van der Waals surface area contributed by atoms with Crippen molar-refractivity contribution in [2.24, 2.45) is 11.8 Å². The Kier molecular flexibility index (Phi) is 4.05. The molecule has 0 radical (unpaired) electrons. The number of aliphatic hydroxyl groups is 1. The van der Waals surface area contributed by atoms with E-state index in [0.717, 1.165) is 19.3 Å². The molecule has 2 saturated heterocycles. The molecular weight excluding hydrogens is 292 g/mol. The van der Waals surface area contributed by atoms with Crippen LogP contribution in [0.2, 0.25) is 0 Å². The van der Waals surface area contributed by atoms with Gasteiger partial charge in [0.15, 0.2) is 0 Å². The number of likely N-dealkylation sites (tertiary alicyclic amines) is 1. The summed E-state index contributed by atoms with van der Waals surface area (Å²) >= 11 is 1.60. The van der Waals surface area contributed by atoms with Crippen molar-refractivity contribution in [2.75, 3.05) is 18.8 Å². The van der Waals surface area contributed by atoms with Crippen LogP contribution in [0.15, 0.2) is 0 Å². The van der Waals surface area contributed by atoms with Gasteiger partial charge in [-0.1, -0.05) is 0 Å². The first kappa shape index (κ1) is 15.0. The van der Waals surface area contributed by atoms with Gasteiger partial charge < -0.3 is 15.1 Å². The molecule has 3 fully saturated rings. The Morgan fingerprint density at radius 2 is 2.00 bits per heavy atom. The number of carbonyl (C=O) groups is 2. The fourth-order valence-electron chi connectivity index (χ4n) is 3.22. The summed E-state index contributed by atoms with van der Waals surface area (Å²) in [5.74, 6) is 0.131. The van der Waals surface area contributed by atoms with Crippen molar-refractivity contribution in [3.63, 3.8) is 0 Å². The molecule has 1 saturated carbocycles. The minimum Gasteiger partial charge on any atom is -0.480 e. The average molecular weight is 314 g/mol. The minimum absolute atomic E-state index is 0.0178. The molecule has 2 amide bonds. The van der Waals surface area contributed by atoms with Gasteiger partial charge in [0.25, 0.3) is 0 Å². The SMILES string of the molecule is CC(O)C1CCN(C(=O)N2C(C(=O)O)CSC2C2CC2)C1. The van der Waals surface area contributed by atoms with Gasteiger partial charge in [-0.25, -0.2) is 9.59 Å². The Balaban J connectivity index is 1.72. The van der Waals surface area contributed by atoms with Gasteiger partial charge >= 0.3 is 12.0 Å². The maximum atomic E-state index is 12.8. The lowest BCUT2D eigenvalue weighted by molar-refractivity contribution is -0.141. The molecule has 3 aliphatic rings. The molecule has 6 nitrogen and oxygen atoms in total. The van der Waals surface area contributed by atoms with E-state index in [-0.39, 0.29) is 17.3 Å². The smallest absolute Gasteiger partial charge is 0.327 e. The summed E-state index contributed by atoms with van der Waals surface area (Å²) in [5.41, 5.74) is 0. The molecule has 0 spiro atoms. The van der Waals surface area contributed by atoms with Crippen LogP contribution in [0.25, 0.3) is 0 Å². The van der Waals surface area contributed by atoms with Crippen LogP contribution < -0.4 is 0 Å². The van der Waals surface area contributed by atoms with Crippen molar-refractivity contribution in [3.05, 3.63) is 0 Å². The average Bonchev–Trinajstić information content (AvgIpc) is 3.01. The molecule has 2 N–H and O–H groups in total. The predicted octanol–water partition coefficient (Wildman–Crippen LogP) is 1.05. The monoisotopic (exact) mass is 314 g/mol. The Labute approximate surface area is 128 Å². The fraction of sp³-hybridized carbons (Fsp3) is 0.857. The summed E-state index contributed by atoms with van der Waals surface area (Å²) in [6, 6.07) is -0.869. The summed E-state index contributed by atoms with van der Waals surface area (Å²) < 4.78 is 0. The number of thioether (sulfide) groups is 1. The fourth-order valence-corrected chi connectivity index (χ4v) is 4.85. The van der Waals surface area contributed by atoms with Crippen LogP contribution in [0, 0.1) is 11.8 Å². The zero-order valence-electron chi connectivity index (χ0n) is 12.1. The van der Waals surface area contributed by atoms with E-state index < -0.39 is 18.1 Å². The second-order valence-corrected chi connectivity index (χ2v) is 7.49. The lowest BCUT2D eigenvalue weighted by atomic mass is 10.0.